The molecule has 1 amide bonds. The van der Waals surface area contributed by atoms with Crippen molar-refractivity contribution in [3.8, 4) is 5.69 Å². The van der Waals surface area contributed by atoms with Crippen LogP contribution in [0, 0.1) is 0 Å². The molecule has 45 heavy (non-hydrogen) atoms. The molecule has 1 fully saturated rings. The van der Waals surface area contributed by atoms with Gasteiger partial charge in [-0.2, -0.15) is 10.1 Å². The highest BCUT2D eigenvalue weighted by Gasteiger charge is 2.29. The maximum atomic E-state index is 13.7. The summed E-state index contributed by atoms with van der Waals surface area (Å²) in [7, 11) is 4.00. The molecule has 0 atom stereocenters. The lowest BCUT2D eigenvalue weighted by Gasteiger charge is -2.30. The van der Waals surface area contributed by atoms with E-state index in [0.717, 1.165) is 48.2 Å². The maximum absolute atomic E-state index is 13.7. The van der Waals surface area contributed by atoms with Crippen molar-refractivity contribution in [1.29, 1.82) is 0 Å². The molecule has 0 spiro atoms. The van der Waals surface area contributed by atoms with Crippen molar-refractivity contribution in [2.45, 2.75) is 51.8 Å². The molecule has 0 unspecified atom stereocenters. The summed E-state index contributed by atoms with van der Waals surface area (Å²) in [6, 6.07) is 13.8. The number of nitrogens with zero attached hydrogens (tertiary/aromatic N) is 8. The van der Waals surface area contributed by atoms with Crippen molar-refractivity contribution in [1.82, 2.24) is 34.0 Å². The molecule has 1 N–H and O–H groups in total. The Bertz CT molecular complexity index is 1940. The summed E-state index contributed by atoms with van der Waals surface area (Å²) in [5.41, 5.74) is 2.44. The standard InChI is InChI=1S/C33H39N9O3/c1-7-15-40-30(43)27-21-34-31(41(32(44)45-33(2,3)4)25-11-12-28-22(18-25)20-35-39(28)6)37-29(27)42(40)26-10-8-9-24(19-26)36-23-13-16-38(5)17-14-23/h7-12,18-21,23,36H,1,13-17H2,2-6H3. The first kappa shape index (κ1) is 30.1. The first-order valence-electron chi connectivity index (χ1n) is 15.1. The Morgan fingerprint density at radius 2 is 1.91 bits per heavy atom. The average Bonchev–Trinajstić information content (AvgIpc) is 3.50. The van der Waals surface area contributed by atoms with E-state index in [1.807, 2.05) is 43.4 Å². The number of likely N-dealkylation sites (tertiary alicyclic amines) is 1. The van der Waals surface area contributed by atoms with E-state index in [9.17, 15) is 9.59 Å². The van der Waals surface area contributed by atoms with Crippen LogP contribution >= 0.6 is 0 Å². The van der Waals surface area contributed by atoms with Gasteiger partial charge in [0.05, 0.1) is 29.6 Å². The summed E-state index contributed by atoms with van der Waals surface area (Å²) in [6.07, 6.45) is 6.33. The van der Waals surface area contributed by atoms with Crippen LogP contribution in [0.2, 0.25) is 0 Å². The highest BCUT2D eigenvalue weighted by molar-refractivity contribution is 5.97. The number of anilines is 3. The monoisotopic (exact) mass is 609 g/mol. The Morgan fingerprint density at radius 1 is 1.13 bits per heavy atom. The highest BCUT2D eigenvalue weighted by atomic mass is 16.6. The molecule has 0 saturated carbocycles. The number of benzene rings is 2. The van der Waals surface area contributed by atoms with Crippen molar-refractivity contribution in [2.75, 3.05) is 30.4 Å². The zero-order chi connectivity index (χ0) is 31.9. The van der Waals surface area contributed by atoms with Crippen LogP contribution in [-0.2, 0) is 18.3 Å². The number of fused-ring (bicyclic) bond motifs is 2. The quantitative estimate of drug-likeness (QED) is 0.249. The number of piperidine rings is 1. The molecule has 0 radical (unpaired) electrons. The normalized spacial score (nSPS) is 14.6. The number of aryl methyl sites for hydroxylation is 1. The number of allylic oxidation sites excluding steroid dienone is 1. The number of ether oxygens (including phenoxy) is 1. The van der Waals surface area contributed by atoms with E-state index < -0.39 is 11.7 Å². The highest BCUT2D eigenvalue weighted by Crippen LogP contribution is 2.30. The first-order valence-corrected chi connectivity index (χ1v) is 15.1. The lowest BCUT2D eigenvalue weighted by atomic mass is 10.1. The number of hydrogen-bond donors (Lipinski definition) is 1. The molecular formula is C33H39N9O3. The molecule has 2 aromatic carbocycles. The van der Waals surface area contributed by atoms with Gasteiger partial charge < -0.3 is 15.0 Å². The van der Waals surface area contributed by atoms with Gasteiger partial charge in [-0.3, -0.25) is 9.48 Å². The van der Waals surface area contributed by atoms with E-state index in [-0.39, 0.29) is 18.1 Å². The van der Waals surface area contributed by atoms with Crippen molar-refractivity contribution in [2.24, 2.45) is 7.05 Å². The molecule has 0 aliphatic carbocycles. The molecule has 4 heterocycles. The second kappa shape index (κ2) is 11.8. The van der Waals surface area contributed by atoms with Crippen LogP contribution in [0.25, 0.3) is 27.6 Å². The minimum Gasteiger partial charge on any atom is -0.443 e. The zero-order valence-electron chi connectivity index (χ0n) is 26.4. The van der Waals surface area contributed by atoms with E-state index in [4.69, 9.17) is 9.72 Å². The minimum absolute atomic E-state index is 0.0742. The number of carbonyl (C=O) groups is 1. The number of nitrogens with one attached hydrogen (secondary N) is 1. The van der Waals surface area contributed by atoms with E-state index in [1.54, 1.807) is 53.2 Å². The van der Waals surface area contributed by atoms with Crippen LogP contribution in [0.5, 0.6) is 0 Å². The molecule has 3 aromatic heterocycles. The molecule has 1 aliphatic heterocycles. The summed E-state index contributed by atoms with van der Waals surface area (Å²) >= 11 is 0. The Hall–Kier alpha value is -4.97. The summed E-state index contributed by atoms with van der Waals surface area (Å²) in [6.45, 7) is 11.6. The molecule has 234 valence electrons. The number of hydrogen-bond acceptors (Lipinski definition) is 8. The summed E-state index contributed by atoms with van der Waals surface area (Å²) in [5.74, 6) is 0.0742. The van der Waals surface area contributed by atoms with Gasteiger partial charge in [0.2, 0.25) is 5.95 Å². The molecule has 12 heteroatoms. The fourth-order valence-corrected chi connectivity index (χ4v) is 5.69. The second-order valence-electron chi connectivity index (χ2n) is 12.5. The number of rotatable bonds is 7. The minimum atomic E-state index is -0.769. The maximum Gasteiger partial charge on any atom is 0.421 e. The van der Waals surface area contributed by atoms with Gasteiger partial charge in [-0.05, 0) is 90.1 Å². The van der Waals surface area contributed by atoms with Gasteiger partial charge >= 0.3 is 6.09 Å². The predicted molar refractivity (Wildman–Crippen MR) is 177 cm³/mol. The third-order valence-electron chi connectivity index (χ3n) is 7.91. The van der Waals surface area contributed by atoms with Crippen LogP contribution in [0.4, 0.5) is 22.1 Å². The van der Waals surface area contributed by atoms with Gasteiger partial charge in [-0.1, -0.05) is 12.1 Å². The lowest BCUT2D eigenvalue weighted by molar-refractivity contribution is 0.0597. The van der Waals surface area contributed by atoms with Crippen molar-refractivity contribution in [3.63, 3.8) is 0 Å². The van der Waals surface area contributed by atoms with Crippen LogP contribution in [0.1, 0.15) is 33.6 Å². The largest absolute Gasteiger partial charge is 0.443 e. The third-order valence-corrected chi connectivity index (χ3v) is 7.91. The first-order chi connectivity index (χ1) is 21.5. The second-order valence-corrected chi connectivity index (χ2v) is 12.5. The van der Waals surface area contributed by atoms with Crippen LogP contribution in [0.15, 0.2) is 72.3 Å². The van der Waals surface area contributed by atoms with Crippen LogP contribution in [0.3, 0.4) is 0 Å². The molecule has 5 aromatic rings. The van der Waals surface area contributed by atoms with Gasteiger partial charge in [0.1, 0.15) is 11.0 Å². The van der Waals surface area contributed by atoms with Crippen LogP contribution < -0.4 is 15.8 Å². The van der Waals surface area contributed by atoms with Gasteiger partial charge in [0.25, 0.3) is 5.56 Å². The predicted octanol–water partition coefficient (Wildman–Crippen LogP) is 5.23. The summed E-state index contributed by atoms with van der Waals surface area (Å²) in [4.78, 5) is 40.4. The van der Waals surface area contributed by atoms with Gasteiger partial charge in [0.15, 0.2) is 5.65 Å². The molecule has 1 saturated heterocycles. The topological polar surface area (TPSA) is 115 Å². The molecular weight excluding hydrogens is 570 g/mol. The third kappa shape index (κ3) is 6.05. The van der Waals surface area contributed by atoms with Crippen LogP contribution in [-0.4, -0.2) is 71.9 Å². The van der Waals surface area contributed by atoms with Crippen molar-refractivity contribution >= 4 is 45.4 Å². The average molecular weight is 610 g/mol. The summed E-state index contributed by atoms with van der Waals surface area (Å²) in [5, 5.41) is 9.16. The Morgan fingerprint density at radius 3 is 2.64 bits per heavy atom. The Labute approximate surface area is 261 Å². The van der Waals surface area contributed by atoms with E-state index >= 15 is 0 Å². The van der Waals surface area contributed by atoms with Crippen molar-refractivity contribution < 1.29 is 9.53 Å². The number of carbonyl (C=O) groups excluding carboxylic acids is 1. The molecule has 6 rings (SSSR count). The van der Waals surface area contributed by atoms with E-state index in [0.29, 0.717) is 22.8 Å². The molecule has 12 nitrogen and oxygen atoms in total. The molecule has 0 bridgehead atoms. The Balaban J connectivity index is 1.48. The fourth-order valence-electron chi connectivity index (χ4n) is 5.69. The zero-order valence-corrected chi connectivity index (χ0v) is 26.4. The van der Waals surface area contributed by atoms with E-state index in [2.05, 4.69) is 33.9 Å². The SMILES string of the molecule is C=CCn1c(=O)c2cnc(N(C(=O)OC(C)(C)C)c3ccc4c(cnn4C)c3)nc2n1-c1cccc(NC2CCN(C)CC2)c1. The Kier molecular flexibility index (Phi) is 7.92. The van der Waals surface area contributed by atoms with Gasteiger partial charge in [-0.15, -0.1) is 6.58 Å². The molecule has 1 aliphatic rings. The van der Waals surface area contributed by atoms with Gasteiger partial charge in [0, 0.05) is 30.4 Å². The smallest absolute Gasteiger partial charge is 0.421 e. The van der Waals surface area contributed by atoms with Crippen molar-refractivity contribution in [3.05, 3.63) is 77.9 Å². The lowest BCUT2D eigenvalue weighted by Crippen LogP contribution is -2.36. The van der Waals surface area contributed by atoms with Gasteiger partial charge in [-0.25, -0.2) is 24.0 Å². The fraction of sp³-hybridized carbons (Fsp3) is 0.364. The van der Waals surface area contributed by atoms with E-state index in [1.165, 1.54) is 11.1 Å². The summed E-state index contributed by atoms with van der Waals surface area (Å²) < 4.78 is 10.9. The number of amides is 1. The number of aromatic nitrogens is 6.